The maximum atomic E-state index is 11.6. The third-order valence-corrected chi connectivity index (χ3v) is 3.22. The summed E-state index contributed by atoms with van der Waals surface area (Å²) in [5.74, 6) is 1.81. The quantitative estimate of drug-likeness (QED) is 0.331. The first-order valence-corrected chi connectivity index (χ1v) is 10.9. The van der Waals surface area contributed by atoms with Crippen LogP contribution in [0.5, 0.6) is 0 Å². The van der Waals surface area contributed by atoms with Gasteiger partial charge in [0.05, 0.1) is 27.2 Å². The fraction of sp³-hybridized carbons (Fsp3) is 0.895. The number of hydrogen-bond donors (Lipinski definition) is 2. The van der Waals surface area contributed by atoms with Crippen molar-refractivity contribution in [2.75, 3.05) is 46.1 Å². The van der Waals surface area contributed by atoms with Gasteiger partial charge in [0.15, 0.2) is 0 Å². The molecule has 0 radical (unpaired) electrons. The Morgan fingerprint density at radius 3 is 1.33 bits per heavy atom. The summed E-state index contributed by atoms with van der Waals surface area (Å²) >= 11 is 2.94. The van der Waals surface area contributed by atoms with Crippen LogP contribution in [-0.4, -0.2) is 74.0 Å². The summed E-state index contributed by atoms with van der Waals surface area (Å²) in [6.07, 6.45) is 0.982. The predicted octanol–water partition coefficient (Wildman–Crippen LogP) is 3.90. The molecule has 0 aromatic carbocycles. The number of amides is 2. The van der Waals surface area contributed by atoms with Crippen LogP contribution >= 0.6 is 15.9 Å². The highest BCUT2D eigenvalue weighted by atomic mass is 79.9. The van der Waals surface area contributed by atoms with E-state index in [4.69, 9.17) is 9.47 Å². The standard InChI is InChI=1S/C18H37N3O4.CH3Br/c1-17(2,3)24-15(22)19-11-9-13-21(7,8)14-10-12-20-16(23)25-18(4,5)6;1-2/h9-14H2,1-8H3,(H-,19,20,22,23);1H3/p+1. The number of carbonyl (C=O) groups is 2. The van der Waals surface area contributed by atoms with Crippen molar-refractivity contribution in [3.8, 4) is 0 Å². The lowest BCUT2D eigenvalue weighted by Crippen LogP contribution is -2.44. The Kier molecular flexibility index (Phi) is 13.8. The normalized spacial score (nSPS) is 11.8. The minimum Gasteiger partial charge on any atom is -0.444 e. The number of nitrogens with one attached hydrogen (secondary N) is 2. The first-order chi connectivity index (χ1) is 12.2. The lowest BCUT2D eigenvalue weighted by Gasteiger charge is -2.30. The number of quaternary nitrogens is 1. The Hall–Kier alpha value is -1.02. The van der Waals surface area contributed by atoms with E-state index in [1.54, 1.807) is 0 Å². The number of ether oxygens (including phenoxy) is 2. The van der Waals surface area contributed by atoms with Crippen LogP contribution in [0.4, 0.5) is 9.59 Å². The minimum atomic E-state index is -0.472. The molecule has 0 unspecified atom stereocenters. The van der Waals surface area contributed by atoms with Crippen molar-refractivity contribution in [2.24, 2.45) is 0 Å². The van der Waals surface area contributed by atoms with E-state index < -0.39 is 11.2 Å². The predicted molar refractivity (Wildman–Crippen MR) is 114 cm³/mol. The van der Waals surface area contributed by atoms with Gasteiger partial charge in [-0.2, -0.15) is 0 Å². The fourth-order valence-electron chi connectivity index (χ4n) is 2.14. The molecule has 0 bridgehead atoms. The number of alkyl halides is 1. The number of carbonyl (C=O) groups excluding carboxylic acids is 2. The van der Waals surface area contributed by atoms with Gasteiger partial charge in [0, 0.05) is 25.9 Å². The summed E-state index contributed by atoms with van der Waals surface area (Å²) in [4.78, 5) is 23.1. The molecule has 8 heteroatoms. The summed E-state index contributed by atoms with van der Waals surface area (Å²) < 4.78 is 11.2. The molecule has 0 aromatic rings. The topological polar surface area (TPSA) is 76.7 Å². The molecule has 0 aliphatic heterocycles. The second kappa shape index (κ2) is 13.2. The monoisotopic (exact) mass is 454 g/mol. The van der Waals surface area contributed by atoms with Crippen LogP contribution in [0.25, 0.3) is 0 Å². The summed E-state index contributed by atoms with van der Waals surface area (Å²) in [5.41, 5.74) is -0.943. The highest BCUT2D eigenvalue weighted by Gasteiger charge is 2.18. The van der Waals surface area contributed by atoms with Crippen molar-refractivity contribution >= 4 is 28.1 Å². The Bertz CT molecular complexity index is 392. The van der Waals surface area contributed by atoms with E-state index in [9.17, 15) is 9.59 Å². The molecule has 0 fully saturated rings. The first-order valence-electron chi connectivity index (χ1n) is 9.34. The molecule has 2 amide bonds. The minimum absolute atomic E-state index is 0.376. The first kappa shape index (κ1) is 28.2. The molecule has 0 aliphatic carbocycles. The Balaban J connectivity index is 0. The van der Waals surface area contributed by atoms with Crippen LogP contribution in [-0.2, 0) is 9.47 Å². The summed E-state index contributed by atoms with van der Waals surface area (Å²) in [7, 11) is 4.28. The van der Waals surface area contributed by atoms with E-state index in [0.29, 0.717) is 13.1 Å². The fourth-order valence-corrected chi connectivity index (χ4v) is 2.14. The van der Waals surface area contributed by atoms with E-state index in [2.05, 4.69) is 40.7 Å². The van der Waals surface area contributed by atoms with Crippen molar-refractivity contribution in [2.45, 2.75) is 65.6 Å². The van der Waals surface area contributed by atoms with Crippen molar-refractivity contribution in [1.82, 2.24) is 10.6 Å². The van der Waals surface area contributed by atoms with Crippen molar-refractivity contribution in [1.29, 1.82) is 0 Å². The van der Waals surface area contributed by atoms with Gasteiger partial charge < -0.3 is 24.6 Å². The van der Waals surface area contributed by atoms with E-state index in [-0.39, 0.29) is 12.2 Å². The average molecular weight is 455 g/mol. The molecule has 2 N–H and O–H groups in total. The Morgan fingerprint density at radius 1 is 0.778 bits per heavy atom. The molecule has 27 heavy (non-hydrogen) atoms. The molecule has 7 nitrogen and oxygen atoms in total. The van der Waals surface area contributed by atoms with Gasteiger partial charge in [-0.1, -0.05) is 15.9 Å². The molecule has 0 saturated carbocycles. The lowest BCUT2D eigenvalue weighted by molar-refractivity contribution is -0.890. The molecule has 0 heterocycles. The lowest BCUT2D eigenvalue weighted by atomic mass is 10.2. The Labute approximate surface area is 174 Å². The molecule has 162 valence electrons. The van der Waals surface area contributed by atoms with Crippen molar-refractivity contribution < 1.29 is 23.5 Å². The van der Waals surface area contributed by atoms with E-state index in [0.717, 1.165) is 30.4 Å². The van der Waals surface area contributed by atoms with Gasteiger partial charge in [-0.3, -0.25) is 0 Å². The van der Waals surface area contributed by atoms with Gasteiger partial charge in [-0.15, -0.1) is 0 Å². The maximum absolute atomic E-state index is 11.6. The van der Waals surface area contributed by atoms with Crippen LogP contribution in [0.1, 0.15) is 54.4 Å². The Morgan fingerprint density at radius 2 is 1.07 bits per heavy atom. The van der Waals surface area contributed by atoms with Crippen molar-refractivity contribution in [3.05, 3.63) is 0 Å². The van der Waals surface area contributed by atoms with Gasteiger partial charge in [-0.05, 0) is 47.4 Å². The smallest absolute Gasteiger partial charge is 0.407 e. The zero-order valence-corrected chi connectivity index (χ0v) is 20.3. The molecule has 0 atom stereocenters. The van der Waals surface area contributed by atoms with Gasteiger partial charge in [0.2, 0.25) is 0 Å². The van der Waals surface area contributed by atoms with Crippen LogP contribution in [0.15, 0.2) is 0 Å². The van der Waals surface area contributed by atoms with Gasteiger partial charge >= 0.3 is 12.2 Å². The second-order valence-electron chi connectivity index (χ2n) is 8.95. The molecular weight excluding hydrogens is 414 g/mol. The zero-order chi connectivity index (χ0) is 21.7. The van der Waals surface area contributed by atoms with E-state index >= 15 is 0 Å². The number of alkyl carbamates (subject to hydrolysis) is 2. The van der Waals surface area contributed by atoms with Crippen LogP contribution < -0.4 is 10.6 Å². The largest absolute Gasteiger partial charge is 0.444 e. The molecule has 0 spiro atoms. The van der Waals surface area contributed by atoms with Gasteiger partial charge in [0.25, 0.3) is 0 Å². The molecular formula is C19H41BrN3O4+. The van der Waals surface area contributed by atoms with Gasteiger partial charge in [-0.25, -0.2) is 9.59 Å². The second-order valence-corrected chi connectivity index (χ2v) is 8.95. The average Bonchev–Trinajstić information content (AvgIpc) is 2.47. The highest BCUT2D eigenvalue weighted by molar-refractivity contribution is 9.08. The highest BCUT2D eigenvalue weighted by Crippen LogP contribution is 2.07. The molecule has 0 saturated heterocycles. The van der Waals surface area contributed by atoms with E-state index in [1.165, 1.54) is 0 Å². The van der Waals surface area contributed by atoms with Crippen LogP contribution in [0, 0.1) is 0 Å². The summed E-state index contributed by atoms with van der Waals surface area (Å²) in [6.45, 7) is 14.1. The maximum Gasteiger partial charge on any atom is 0.407 e. The zero-order valence-electron chi connectivity index (χ0n) is 18.7. The number of nitrogens with zero attached hydrogens (tertiary/aromatic N) is 1. The van der Waals surface area contributed by atoms with Crippen LogP contribution in [0.3, 0.4) is 0 Å². The van der Waals surface area contributed by atoms with Gasteiger partial charge in [0.1, 0.15) is 11.2 Å². The number of halogens is 1. The summed E-state index contributed by atoms with van der Waals surface area (Å²) in [6, 6.07) is 0. The summed E-state index contributed by atoms with van der Waals surface area (Å²) in [5, 5.41) is 5.54. The van der Waals surface area contributed by atoms with Crippen LogP contribution in [0.2, 0.25) is 0 Å². The number of rotatable bonds is 8. The SMILES string of the molecule is CBr.CC(C)(C)OC(=O)NCCC[N+](C)(C)CCCNC(=O)OC(C)(C)C. The third-order valence-electron chi connectivity index (χ3n) is 3.22. The number of hydrogen-bond acceptors (Lipinski definition) is 4. The molecule has 0 rings (SSSR count). The van der Waals surface area contributed by atoms with E-state index in [1.807, 2.05) is 47.4 Å². The van der Waals surface area contributed by atoms with Crippen molar-refractivity contribution in [3.63, 3.8) is 0 Å². The third kappa shape index (κ3) is 21.1. The molecule has 0 aromatic heterocycles. The molecule has 0 aliphatic rings.